The summed E-state index contributed by atoms with van der Waals surface area (Å²) in [4.78, 5) is 12.1. The van der Waals surface area contributed by atoms with Gasteiger partial charge in [0.15, 0.2) is 0 Å². The summed E-state index contributed by atoms with van der Waals surface area (Å²) in [6, 6.07) is 8.16. The molecule has 2 aliphatic rings. The number of hydrogen-bond acceptors (Lipinski definition) is 2. The van der Waals surface area contributed by atoms with Crippen molar-refractivity contribution in [3.63, 3.8) is 0 Å². The zero-order valence-electron chi connectivity index (χ0n) is 9.54. The first-order chi connectivity index (χ1) is 7.56. The Hall–Kier alpha value is -1.35. The molecule has 3 rings (SSSR count). The van der Waals surface area contributed by atoms with Gasteiger partial charge in [-0.3, -0.25) is 4.79 Å². The van der Waals surface area contributed by atoms with Crippen LogP contribution in [0.5, 0.6) is 0 Å². The summed E-state index contributed by atoms with van der Waals surface area (Å²) in [7, 11) is 0. The van der Waals surface area contributed by atoms with Crippen LogP contribution in [-0.2, 0) is 20.5 Å². The second-order valence-corrected chi connectivity index (χ2v) is 5.20. The molecule has 0 bridgehead atoms. The van der Waals surface area contributed by atoms with Gasteiger partial charge in [-0.2, -0.15) is 0 Å². The van der Waals surface area contributed by atoms with E-state index in [1.165, 1.54) is 5.56 Å². The first-order valence-corrected chi connectivity index (χ1v) is 5.57. The molecule has 2 heterocycles. The van der Waals surface area contributed by atoms with Crippen LogP contribution in [0.4, 0.5) is 0 Å². The number of nitrogens with one attached hydrogen (secondary N) is 1. The van der Waals surface area contributed by atoms with Crippen molar-refractivity contribution >= 4 is 5.91 Å². The maximum atomic E-state index is 12.1. The van der Waals surface area contributed by atoms with Crippen LogP contribution in [0.3, 0.4) is 0 Å². The van der Waals surface area contributed by atoms with Gasteiger partial charge in [0.1, 0.15) is 5.54 Å². The van der Waals surface area contributed by atoms with Crippen molar-refractivity contribution in [2.45, 2.75) is 24.8 Å². The average molecular weight is 217 g/mol. The maximum Gasteiger partial charge on any atom is 0.230 e. The van der Waals surface area contributed by atoms with Crippen LogP contribution < -0.4 is 5.32 Å². The molecule has 1 aromatic rings. The van der Waals surface area contributed by atoms with Gasteiger partial charge >= 0.3 is 0 Å². The second-order valence-electron chi connectivity index (χ2n) is 5.20. The fraction of sp³-hybridized carbons (Fsp3) is 0.462. The fourth-order valence-corrected chi connectivity index (χ4v) is 2.54. The van der Waals surface area contributed by atoms with E-state index in [0.717, 1.165) is 5.56 Å². The Morgan fingerprint density at radius 2 is 1.81 bits per heavy atom. The van der Waals surface area contributed by atoms with E-state index in [2.05, 4.69) is 11.4 Å². The zero-order valence-corrected chi connectivity index (χ0v) is 9.54. The van der Waals surface area contributed by atoms with Crippen LogP contribution >= 0.6 is 0 Å². The standard InChI is InChI=1S/C13H15NO2/c1-12(2)9-5-3-4-6-10(9)13(7-16-8-13)14-11(12)15/h3-6H,7-8H2,1-2H3,(H,14,15). The summed E-state index contributed by atoms with van der Waals surface area (Å²) in [5.41, 5.74) is 1.63. The van der Waals surface area contributed by atoms with Crippen molar-refractivity contribution < 1.29 is 9.53 Å². The first kappa shape index (κ1) is 9.85. The van der Waals surface area contributed by atoms with E-state index >= 15 is 0 Å². The van der Waals surface area contributed by atoms with Crippen molar-refractivity contribution in [3.05, 3.63) is 35.4 Å². The molecule has 0 saturated carbocycles. The Balaban J connectivity index is 2.22. The van der Waals surface area contributed by atoms with Crippen LogP contribution in [-0.4, -0.2) is 19.1 Å². The molecule has 1 amide bonds. The van der Waals surface area contributed by atoms with Gasteiger partial charge in [0.25, 0.3) is 0 Å². The summed E-state index contributed by atoms with van der Waals surface area (Å²) >= 11 is 0. The third-order valence-corrected chi connectivity index (χ3v) is 3.73. The third kappa shape index (κ3) is 1.04. The number of rotatable bonds is 0. The predicted molar refractivity (Wildman–Crippen MR) is 60.1 cm³/mol. The summed E-state index contributed by atoms with van der Waals surface area (Å²) in [6.07, 6.45) is 0. The smallest absolute Gasteiger partial charge is 0.230 e. The molecule has 3 heteroatoms. The zero-order chi connectivity index (χ0) is 11.4. The average Bonchev–Trinajstić information content (AvgIpc) is 2.22. The Bertz CT molecular complexity index is 461. The molecule has 1 spiro atoms. The quantitative estimate of drug-likeness (QED) is 0.711. The molecule has 0 radical (unpaired) electrons. The van der Waals surface area contributed by atoms with E-state index in [-0.39, 0.29) is 11.4 Å². The van der Waals surface area contributed by atoms with Gasteiger partial charge in [-0.25, -0.2) is 0 Å². The number of fused-ring (bicyclic) bond motifs is 2. The van der Waals surface area contributed by atoms with E-state index in [0.29, 0.717) is 13.2 Å². The number of carbonyl (C=O) groups excluding carboxylic acids is 1. The fourth-order valence-electron chi connectivity index (χ4n) is 2.54. The second kappa shape index (κ2) is 2.86. The number of hydrogen-bond donors (Lipinski definition) is 1. The number of amides is 1. The summed E-state index contributed by atoms with van der Waals surface area (Å²) in [5.74, 6) is 0.0921. The Morgan fingerprint density at radius 1 is 1.19 bits per heavy atom. The minimum absolute atomic E-state index is 0.0921. The van der Waals surface area contributed by atoms with E-state index in [1.54, 1.807) is 0 Å². The molecule has 1 saturated heterocycles. The summed E-state index contributed by atoms with van der Waals surface area (Å²) in [5, 5.41) is 3.11. The van der Waals surface area contributed by atoms with Crippen LogP contribution in [0.2, 0.25) is 0 Å². The molecule has 1 N–H and O–H groups in total. The highest BCUT2D eigenvalue weighted by molar-refractivity contribution is 5.90. The van der Waals surface area contributed by atoms with Gasteiger partial charge in [0, 0.05) is 0 Å². The molecule has 1 aromatic carbocycles. The van der Waals surface area contributed by atoms with Crippen molar-refractivity contribution in [2.75, 3.05) is 13.2 Å². The van der Waals surface area contributed by atoms with Gasteiger partial charge < -0.3 is 10.1 Å². The van der Waals surface area contributed by atoms with E-state index in [9.17, 15) is 4.79 Å². The highest BCUT2D eigenvalue weighted by Gasteiger charge is 2.51. The molecule has 0 unspecified atom stereocenters. The third-order valence-electron chi connectivity index (χ3n) is 3.73. The monoisotopic (exact) mass is 217 g/mol. The maximum absolute atomic E-state index is 12.1. The van der Waals surface area contributed by atoms with Crippen LogP contribution in [0.1, 0.15) is 25.0 Å². The van der Waals surface area contributed by atoms with Gasteiger partial charge in [0.2, 0.25) is 5.91 Å². The topological polar surface area (TPSA) is 38.3 Å². The van der Waals surface area contributed by atoms with Crippen molar-refractivity contribution in [1.29, 1.82) is 0 Å². The Labute approximate surface area is 94.8 Å². The molecule has 84 valence electrons. The highest BCUT2D eigenvalue weighted by Crippen LogP contribution is 2.41. The Morgan fingerprint density at radius 3 is 2.38 bits per heavy atom. The van der Waals surface area contributed by atoms with E-state index < -0.39 is 5.41 Å². The molecular formula is C13H15NO2. The van der Waals surface area contributed by atoms with Gasteiger partial charge in [0.05, 0.1) is 18.6 Å². The lowest BCUT2D eigenvalue weighted by Gasteiger charge is -2.49. The molecule has 0 atom stereocenters. The van der Waals surface area contributed by atoms with Gasteiger partial charge in [-0.05, 0) is 25.0 Å². The molecular weight excluding hydrogens is 202 g/mol. The molecule has 16 heavy (non-hydrogen) atoms. The van der Waals surface area contributed by atoms with Crippen LogP contribution in [0, 0.1) is 0 Å². The summed E-state index contributed by atoms with van der Waals surface area (Å²) < 4.78 is 5.27. The lowest BCUT2D eigenvalue weighted by Crippen LogP contribution is -2.65. The largest absolute Gasteiger partial charge is 0.376 e. The van der Waals surface area contributed by atoms with E-state index in [4.69, 9.17) is 4.74 Å². The summed E-state index contributed by atoms with van der Waals surface area (Å²) in [6.45, 7) is 5.11. The minimum Gasteiger partial charge on any atom is -0.376 e. The minimum atomic E-state index is -0.447. The first-order valence-electron chi connectivity index (χ1n) is 5.57. The normalized spacial score (nSPS) is 24.5. The van der Waals surface area contributed by atoms with Crippen molar-refractivity contribution in [2.24, 2.45) is 0 Å². The number of carbonyl (C=O) groups is 1. The SMILES string of the molecule is CC1(C)C(=O)NC2(COC2)c2ccccc21. The molecule has 1 fully saturated rings. The molecule has 2 aliphatic heterocycles. The predicted octanol–water partition coefficient (Wildman–Crippen LogP) is 1.32. The van der Waals surface area contributed by atoms with Gasteiger partial charge in [-0.15, -0.1) is 0 Å². The molecule has 0 aliphatic carbocycles. The van der Waals surface area contributed by atoms with Gasteiger partial charge in [-0.1, -0.05) is 24.3 Å². The molecule has 3 nitrogen and oxygen atoms in total. The van der Waals surface area contributed by atoms with E-state index in [1.807, 2.05) is 32.0 Å². The van der Waals surface area contributed by atoms with Crippen LogP contribution in [0.25, 0.3) is 0 Å². The lowest BCUT2D eigenvalue weighted by molar-refractivity contribution is -0.141. The number of benzene rings is 1. The van der Waals surface area contributed by atoms with Crippen molar-refractivity contribution in [3.8, 4) is 0 Å². The lowest BCUT2D eigenvalue weighted by atomic mass is 9.70. The number of ether oxygens (including phenoxy) is 1. The van der Waals surface area contributed by atoms with Crippen LogP contribution in [0.15, 0.2) is 24.3 Å². The van der Waals surface area contributed by atoms with Crippen molar-refractivity contribution in [1.82, 2.24) is 5.32 Å². The highest BCUT2D eigenvalue weighted by atomic mass is 16.5. The Kier molecular flexibility index (Phi) is 1.76. The molecule has 0 aromatic heterocycles.